The Bertz CT molecular complexity index is 1430. The number of aromatic amines is 1. The molecule has 2 aromatic carbocycles. The smallest absolute Gasteiger partial charge is 0.303 e. The number of aromatic nitrogens is 6. The molecule has 1 atom stereocenters. The first-order valence-corrected chi connectivity index (χ1v) is 9.77. The van der Waals surface area contributed by atoms with Crippen molar-refractivity contribution in [3.63, 3.8) is 0 Å². The molecule has 3 heterocycles. The second-order valence-electron chi connectivity index (χ2n) is 7.42. The number of hydrogen-bond donors (Lipinski definition) is 1. The highest BCUT2D eigenvalue weighted by molar-refractivity contribution is 5.77. The Morgan fingerprint density at radius 3 is 2.86 bits per heavy atom. The zero-order valence-corrected chi connectivity index (χ0v) is 15.6. The van der Waals surface area contributed by atoms with Crippen molar-refractivity contribution in [3.8, 4) is 5.95 Å². The standard InChI is InChI=1S/C22H18N6O/c29-22-25-17-12-23-21(27-13-24-16-9-3-4-10-19(16)27)26-20(17)28(22)18-11-5-7-14-6-1-2-8-15(14)18/h1-4,6,8-10,12-13,18H,5,7,11H2,(H,25,29). The first-order chi connectivity index (χ1) is 14.3. The highest BCUT2D eigenvalue weighted by Crippen LogP contribution is 2.33. The largest absolute Gasteiger partial charge is 0.328 e. The van der Waals surface area contributed by atoms with Crippen LogP contribution in [0.4, 0.5) is 0 Å². The van der Waals surface area contributed by atoms with Crippen molar-refractivity contribution in [2.24, 2.45) is 0 Å². The Labute approximate surface area is 165 Å². The minimum Gasteiger partial charge on any atom is -0.303 e. The quantitative estimate of drug-likeness (QED) is 0.507. The van der Waals surface area contributed by atoms with Crippen LogP contribution in [0.25, 0.3) is 28.1 Å². The molecule has 0 fully saturated rings. The van der Waals surface area contributed by atoms with Gasteiger partial charge in [0.1, 0.15) is 11.8 Å². The van der Waals surface area contributed by atoms with E-state index in [2.05, 4.69) is 33.2 Å². The van der Waals surface area contributed by atoms with Gasteiger partial charge in [0.25, 0.3) is 0 Å². The maximum absolute atomic E-state index is 12.9. The van der Waals surface area contributed by atoms with E-state index in [1.165, 1.54) is 11.1 Å². The Morgan fingerprint density at radius 1 is 1.03 bits per heavy atom. The van der Waals surface area contributed by atoms with Gasteiger partial charge < -0.3 is 4.98 Å². The Balaban J connectivity index is 1.57. The van der Waals surface area contributed by atoms with Crippen molar-refractivity contribution in [1.82, 2.24) is 29.1 Å². The van der Waals surface area contributed by atoms with Crippen LogP contribution in [0, 0.1) is 0 Å². The van der Waals surface area contributed by atoms with E-state index < -0.39 is 0 Å². The molecule has 0 saturated heterocycles. The molecule has 0 spiro atoms. The second-order valence-corrected chi connectivity index (χ2v) is 7.42. The monoisotopic (exact) mass is 382 g/mol. The van der Waals surface area contributed by atoms with Gasteiger partial charge in [0, 0.05) is 0 Å². The van der Waals surface area contributed by atoms with Gasteiger partial charge in [0.2, 0.25) is 5.95 Å². The topological polar surface area (TPSA) is 81.4 Å². The number of nitrogens with zero attached hydrogens (tertiary/aromatic N) is 5. The molecule has 142 valence electrons. The summed E-state index contributed by atoms with van der Waals surface area (Å²) in [6, 6.07) is 16.2. The van der Waals surface area contributed by atoms with Crippen molar-refractivity contribution in [2.75, 3.05) is 0 Å². The van der Waals surface area contributed by atoms with E-state index >= 15 is 0 Å². The number of aryl methyl sites for hydroxylation is 1. The number of H-pyrrole nitrogens is 1. The molecule has 0 radical (unpaired) electrons. The number of hydrogen-bond acceptors (Lipinski definition) is 4. The van der Waals surface area contributed by atoms with Gasteiger partial charge in [-0.25, -0.2) is 14.8 Å². The van der Waals surface area contributed by atoms with E-state index in [1.54, 1.807) is 17.1 Å². The second kappa shape index (κ2) is 6.13. The number of rotatable bonds is 2. The molecule has 0 saturated carbocycles. The van der Waals surface area contributed by atoms with E-state index in [-0.39, 0.29) is 11.7 Å². The van der Waals surface area contributed by atoms with Crippen molar-refractivity contribution in [2.45, 2.75) is 25.3 Å². The third kappa shape index (κ3) is 2.44. The summed E-state index contributed by atoms with van der Waals surface area (Å²) < 4.78 is 3.64. The van der Waals surface area contributed by atoms with Crippen LogP contribution in [0.3, 0.4) is 0 Å². The molecule has 0 bridgehead atoms. The predicted molar refractivity (Wildman–Crippen MR) is 110 cm³/mol. The van der Waals surface area contributed by atoms with Gasteiger partial charge in [-0.15, -0.1) is 0 Å². The van der Waals surface area contributed by atoms with Crippen molar-refractivity contribution in [3.05, 3.63) is 82.7 Å². The highest BCUT2D eigenvalue weighted by atomic mass is 16.1. The SMILES string of the molecule is O=c1[nH]c2cnc(-n3cnc4ccccc43)nc2n1C1CCCc2ccccc21. The van der Waals surface area contributed by atoms with Gasteiger partial charge in [0.15, 0.2) is 5.65 Å². The summed E-state index contributed by atoms with van der Waals surface area (Å²) in [4.78, 5) is 29.5. The van der Waals surface area contributed by atoms with Crippen LogP contribution in [0.5, 0.6) is 0 Å². The number of nitrogens with one attached hydrogen (secondary N) is 1. The maximum atomic E-state index is 12.9. The summed E-state index contributed by atoms with van der Waals surface area (Å²) in [5, 5.41) is 0. The molecular formula is C22H18N6O. The van der Waals surface area contributed by atoms with Crippen LogP contribution in [0.1, 0.15) is 30.0 Å². The fraction of sp³-hybridized carbons (Fsp3) is 0.182. The predicted octanol–water partition coefficient (Wildman–Crippen LogP) is 3.38. The van der Waals surface area contributed by atoms with Crippen molar-refractivity contribution < 1.29 is 0 Å². The molecule has 6 rings (SSSR count). The van der Waals surface area contributed by atoms with Gasteiger partial charge in [-0.3, -0.25) is 9.13 Å². The van der Waals surface area contributed by atoms with E-state index in [1.807, 2.05) is 34.9 Å². The molecule has 3 aromatic heterocycles. The van der Waals surface area contributed by atoms with Crippen LogP contribution in [0.2, 0.25) is 0 Å². The number of fused-ring (bicyclic) bond motifs is 3. The van der Waals surface area contributed by atoms with Gasteiger partial charge >= 0.3 is 5.69 Å². The average Bonchev–Trinajstić information content (AvgIpc) is 3.33. The molecular weight excluding hydrogens is 364 g/mol. The molecule has 0 aliphatic heterocycles. The van der Waals surface area contributed by atoms with E-state index in [4.69, 9.17) is 4.98 Å². The zero-order valence-electron chi connectivity index (χ0n) is 15.6. The Hall–Kier alpha value is -3.74. The fourth-order valence-electron chi connectivity index (χ4n) is 4.43. The summed E-state index contributed by atoms with van der Waals surface area (Å²) in [6.07, 6.45) is 6.41. The van der Waals surface area contributed by atoms with Crippen molar-refractivity contribution >= 4 is 22.2 Å². The molecule has 5 aromatic rings. The van der Waals surface area contributed by atoms with E-state index in [9.17, 15) is 4.79 Å². The normalized spacial score (nSPS) is 16.3. The third-order valence-electron chi connectivity index (χ3n) is 5.76. The highest BCUT2D eigenvalue weighted by Gasteiger charge is 2.25. The first kappa shape index (κ1) is 16.2. The number of para-hydroxylation sites is 2. The molecule has 1 aliphatic carbocycles. The lowest BCUT2D eigenvalue weighted by Gasteiger charge is -2.26. The number of benzene rings is 2. The van der Waals surface area contributed by atoms with Gasteiger partial charge in [-0.2, -0.15) is 4.98 Å². The maximum Gasteiger partial charge on any atom is 0.328 e. The van der Waals surface area contributed by atoms with Crippen LogP contribution < -0.4 is 5.69 Å². The Morgan fingerprint density at radius 2 is 1.90 bits per heavy atom. The average molecular weight is 382 g/mol. The number of imidazole rings is 2. The molecule has 29 heavy (non-hydrogen) atoms. The van der Waals surface area contributed by atoms with Crippen LogP contribution >= 0.6 is 0 Å². The molecule has 0 amide bonds. The molecule has 7 heteroatoms. The zero-order chi connectivity index (χ0) is 19.4. The molecule has 1 aliphatic rings. The molecule has 1 unspecified atom stereocenters. The van der Waals surface area contributed by atoms with Crippen LogP contribution in [0.15, 0.2) is 65.8 Å². The summed E-state index contributed by atoms with van der Waals surface area (Å²) >= 11 is 0. The summed E-state index contributed by atoms with van der Waals surface area (Å²) in [6.45, 7) is 0. The summed E-state index contributed by atoms with van der Waals surface area (Å²) in [5.74, 6) is 0.503. The molecule has 1 N–H and O–H groups in total. The lowest BCUT2D eigenvalue weighted by molar-refractivity contribution is 0.487. The van der Waals surface area contributed by atoms with E-state index in [0.29, 0.717) is 17.1 Å². The van der Waals surface area contributed by atoms with Gasteiger partial charge in [-0.1, -0.05) is 36.4 Å². The van der Waals surface area contributed by atoms with Gasteiger partial charge in [0.05, 0.1) is 23.3 Å². The fourth-order valence-corrected chi connectivity index (χ4v) is 4.43. The van der Waals surface area contributed by atoms with Crippen LogP contribution in [-0.2, 0) is 6.42 Å². The molecule has 7 nitrogen and oxygen atoms in total. The first-order valence-electron chi connectivity index (χ1n) is 9.77. The summed E-state index contributed by atoms with van der Waals surface area (Å²) in [7, 11) is 0. The summed E-state index contributed by atoms with van der Waals surface area (Å²) in [5.41, 5.74) is 5.44. The Kier molecular flexibility index (Phi) is 3.43. The van der Waals surface area contributed by atoms with Crippen molar-refractivity contribution in [1.29, 1.82) is 0 Å². The minimum absolute atomic E-state index is 0.0246. The third-order valence-corrected chi connectivity index (χ3v) is 5.76. The van der Waals surface area contributed by atoms with Crippen LogP contribution in [-0.4, -0.2) is 29.1 Å². The van der Waals surface area contributed by atoms with Gasteiger partial charge in [-0.05, 0) is 42.5 Å². The van der Waals surface area contributed by atoms with E-state index in [0.717, 1.165) is 30.3 Å². The minimum atomic E-state index is -0.149. The lowest BCUT2D eigenvalue weighted by Crippen LogP contribution is -2.26. The lowest BCUT2D eigenvalue weighted by atomic mass is 9.87.